The molecule has 10 heteroatoms. The van der Waals surface area contributed by atoms with E-state index in [4.69, 9.17) is 4.74 Å². The van der Waals surface area contributed by atoms with Crippen molar-refractivity contribution in [2.24, 2.45) is 0 Å². The van der Waals surface area contributed by atoms with E-state index in [9.17, 15) is 22.4 Å². The average molecular weight is 624 g/mol. The maximum absolute atomic E-state index is 14.0. The summed E-state index contributed by atoms with van der Waals surface area (Å²) in [6.45, 7) is 2.36. The van der Waals surface area contributed by atoms with Crippen LogP contribution in [0.2, 0.25) is 0 Å². The third-order valence-electron chi connectivity index (χ3n) is 7.82. The van der Waals surface area contributed by atoms with Gasteiger partial charge in [0.05, 0.1) is 18.6 Å². The zero-order valence-corrected chi connectivity index (χ0v) is 26.3. The van der Waals surface area contributed by atoms with Crippen molar-refractivity contribution in [1.82, 2.24) is 10.2 Å². The Morgan fingerprint density at radius 2 is 1.61 bits per heavy atom. The lowest BCUT2D eigenvalue weighted by Crippen LogP contribution is -2.52. The third kappa shape index (κ3) is 9.29. The first-order valence-corrected chi connectivity index (χ1v) is 17.1. The van der Waals surface area contributed by atoms with Crippen LogP contribution in [-0.2, 0) is 32.6 Å². The molecule has 1 N–H and O–H groups in total. The number of nitrogens with one attached hydrogen (secondary N) is 1. The molecule has 1 aliphatic rings. The molecule has 1 aliphatic carbocycles. The van der Waals surface area contributed by atoms with Gasteiger partial charge in [-0.15, -0.1) is 0 Å². The minimum absolute atomic E-state index is 0.00597. The number of carbonyl (C=O) groups is 2. The Kier molecular flexibility index (Phi) is 11.8. The van der Waals surface area contributed by atoms with Gasteiger partial charge in [-0.3, -0.25) is 13.9 Å². The maximum Gasteiger partial charge on any atom is 0.243 e. The number of para-hydroxylation sites is 2. The van der Waals surface area contributed by atoms with E-state index in [1.54, 1.807) is 41.3 Å². The molecule has 0 spiro atoms. The highest BCUT2D eigenvalue weighted by Gasteiger charge is 2.32. The van der Waals surface area contributed by atoms with Crippen LogP contribution in [0.25, 0.3) is 0 Å². The Balaban J connectivity index is 1.59. The predicted octanol–water partition coefficient (Wildman–Crippen LogP) is 5.47. The first kappa shape index (κ1) is 33.0. The van der Waals surface area contributed by atoms with Crippen LogP contribution in [0, 0.1) is 5.82 Å². The van der Waals surface area contributed by atoms with E-state index >= 15 is 0 Å². The molecule has 1 unspecified atom stereocenters. The molecular weight excluding hydrogens is 581 g/mol. The number of halogens is 1. The lowest BCUT2D eigenvalue weighted by molar-refractivity contribution is -0.141. The Morgan fingerprint density at radius 1 is 0.955 bits per heavy atom. The molecule has 1 saturated carbocycles. The summed E-state index contributed by atoms with van der Waals surface area (Å²) >= 11 is 0. The van der Waals surface area contributed by atoms with Gasteiger partial charge in [0.15, 0.2) is 0 Å². The summed E-state index contributed by atoms with van der Waals surface area (Å²) in [4.78, 5) is 29.4. The summed E-state index contributed by atoms with van der Waals surface area (Å²) in [5, 5.41) is 3.17. The van der Waals surface area contributed by atoms with Gasteiger partial charge in [-0.2, -0.15) is 0 Å². The van der Waals surface area contributed by atoms with Gasteiger partial charge in [-0.05, 0) is 61.6 Å². The molecule has 8 nitrogen and oxygen atoms in total. The second kappa shape index (κ2) is 15.7. The number of ether oxygens (including phenoxy) is 1. The standard InChI is InChI=1S/C34H42FN3O5S/c1-3-43-32-17-10-9-16-30(32)38(44(2,41)42)23-11-18-33(39)37(25-27-19-21-28(35)22-20-27)31(24-26-12-5-4-6-13-26)34(40)36-29-14-7-8-15-29/h4-6,9-10,12-13,16-17,19-22,29,31H,3,7-8,11,14-15,18,23-25H2,1-2H3,(H,36,40). The monoisotopic (exact) mass is 623 g/mol. The van der Waals surface area contributed by atoms with Crippen LogP contribution in [0.15, 0.2) is 78.9 Å². The summed E-state index contributed by atoms with van der Waals surface area (Å²) in [5.41, 5.74) is 2.01. The van der Waals surface area contributed by atoms with E-state index in [0.717, 1.165) is 37.5 Å². The van der Waals surface area contributed by atoms with Crippen LogP contribution in [0.4, 0.5) is 10.1 Å². The predicted molar refractivity (Wildman–Crippen MR) is 170 cm³/mol. The number of hydrogen-bond acceptors (Lipinski definition) is 5. The van der Waals surface area contributed by atoms with Crippen LogP contribution in [0.5, 0.6) is 5.75 Å². The van der Waals surface area contributed by atoms with Gasteiger partial charge in [-0.25, -0.2) is 12.8 Å². The quantitative estimate of drug-likeness (QED) is 0.242. The van der Waals surface area contributed by atoms with Gasteiger partial charge >= 0.3 is 0 Å². The molecule has 0 aliphatic heterocycles. The minimum atomic E-state index is -3.68. The van der Waals surface area contributed by atoms with Gasteiger partial charge in [0, 0.05) is 32.0 Å². The van der Waals surface area contributed by atoms with Gasteiger partial charge in [-0.1, -0.05) is 67.4 Å². The molecule has 0 heterocycles. The Bertz CT molecular complexity index is 1480. The SMILES string of the molecule is CCOc1ccccc1N(CCCC(=O)N(Cc1ccc(F)cc1)C(Cc1ccccc1)C(=O)NC1CCCC1)S(C)(=O)=O. The van der Waals surface area contributed by atoms with E-state index in [2.05, 4.69) is 5.32 Å². The van der Waals surface area contributed by atoms with E-state index in [-0.39, 0.29) is 49.6 Å². The van der Waals surface area contributed by atoms with Gasteiger partial charge in [0.2, 0.25) is 21.8 Å². The summed E-state index contributed by atoms with van der Waals surface area (Å²) in [7, 11) is -3.68. The largest absolute Gasteiger partial charge is 0.492 e. The highest BCUT2D eigenvalue weighted by atomic mass is 32.2. The second-order valence-corrected chi connectivity index (χ2v) is 13.1. The average Bonchev–Trinajstić information content (AvgIpc) is 3.51. The molecule has 0 aromatic heterocycles. The Hall–Kier alpha value is -3.92. The highest BCUT2D eigenvalue weighted by molar-refractivity contribution is 7.92. The smallest absolute Gasteiger partial charge is 0.243 e. The lowest BCUT2D eigenvalue weighted by Gasteiger charge is -2.33. The van der Waals surface area contributed by atoms with Crippen LogP contribution in [0.1, 0.15) is 56.6 Å². The molecule has 2 amide bonds. The molecule has 0 radical (unpaired) electrons. The summed E-state index contributed by atoms with van der Waals surface area (Å²) in [5.74, 6) is -0.459. The van der Waals surface area contributed by atoms with Crippen molar-refractivity contribution in [3.63, 3.8) is 0 Å². The number of rotatable bonds is 15. The van der Waals surface area contributed by atoms with E-state index in [1.165, 1.54) is 16.4 Å². The molecule has 44 heavy (non-hydrogen) atoms. The van der Waals surface area contributed by atoms with Crippen LogP contribution in [-0.4, -0.2) is 56.6 Å². The number of nitrogens with zero attached hydrogens (tertiary/aromatic N) is 2. The molecule has 236 valence electrons. The van der Waals surface area contributed by atoms with Crippen molar-refractivity contribution in [2.75, 3.05) is 23.7 Å². The van der Waals surface area contributed by atoms with Gasteiger partial charge in [0.25, 0.3) is 0 Å². The molecule has 1 atom stereocenters. The molecular formula is C34H42FN3O5S. The second-order valence-electron chi connectivity index (χ2n) is 11.2. The molecule has 0 bridgehead atoms. The normalized spacial score (nSPS) is 14.2. The summed E-state index contributed by atoms with van der Waals surface area (Å²) in [6.07, 6.45) is 5.57. The van der Waals surface area contributed by atoms with E-state index in [0.29, 0.717) is 30.0 Å². The fraction of sp³-hybridized carbons (Fsp3) is 0.412. The number of anilines is 1. The van der Waals surface area contributed by atoms with Gasteiger partial charge in [0.1, 0.15) is 17.6 Å². The fourth-order valence-electron chi connectivity index (χ4n) is 5.63. The first-order chi connectivity index (χ1) is 21.2. The van der Waals surface area contributed by atoms with Crippen molar-refractivity contribution in [3.05, 3.63) is 95.8 Å². The number of sulfonamides is 1. The minimum Gasteiger partial charge on any atom is -0.492 e. The first-order valence-electron chi connectivity index (χ1n) is 15.2. The number of carbonyl (C=O) groups excluding carboxylic acids is 2. The highest BCUT2D eigenvalue weighted by Crippen LogP contribution is 2.30. The van der Waals surface area contributed by atoms with Crippen LogP contribution < -0.4 is 14.4 Å². The molecule has 1 fully saturated rings. The molecule has 3 aromatic rings. The summed E-state index contributed by atoms with van der Waals surface area (Å²) in [6, 6.07) is 21.6. The van der Waals surface area contributed by atoms with Crippen molar-refractivity contribution >= 4 is 27.5 Å². The van der Waals surface area contributed by atoms with Gasteiger partial charge < -0.3 is 15.0 Å². The zero-order valence-electron chi connectivity index (χ0n) is 25.5. The van der Waals surface area contributed by atoms with Crippen molar-refractivity contribution < 1.29 is 27.1 Å². The number of amides is 2. The van der Waals surface area contributed by atoms with E-state index in [1.807, 2.05) is 37.3 Å². The third-order valence-corrected chi connectivity index (χ3v) is 9.00. The van der Waals surface area contributed by atoms with Crippen molar-refractivity contribution in [2.45, 2.75) is 70.5 Å². The number of benzene rings is 3. The molecule has 4 rings (SSSR count). The maximum atomic E-state index is 14.0. The lowest BCUT2D eigenvalue weighted by atomic mass is 10.0. The molecule has 3 aromatic carbocycles. The fourth-order valence-corrected chi connectivity index (χ4v) is 6.60. The van der Waals surface area contributed by atoms with Crippen molar-refractivity contribution in [3.8, 4) is 5.75 Å². The van der Waals surface area contributed by atoms with Crippen LogP contribution >= 0.6 is 0 Å². The Labute approximate surface area is 260 Å². The summed E-state index contributed by atoms with van der Waals surface area (Å²) < 4.78 is 46.3. The van der Waals surface area contributed by atoms with E-state index < -0.39 is 16.1 Å². The Morgan fingerprint density at radius 3 is 2.27 bits per heavy atom. The molecule has 0 saturated heterocycles. The topological polar surface area (TPSA) is 96.0 Å². The number of hydrogen-bond donors (Lipinski definition) is 1. The van der Waals surface area contributed by atoms with Crippen molar-refractivity contribution in [1.29, 1.82) is 0 Å². The van der Waals surface area contributed by atoms with Crippen LogP contribution in [0.3, 0.4) is 0 Å². The zero-order chi connectivity index (χ0) is 31.5.